The number of hydrogen-bond donors (Lipinski definition) is 1. The first-order valence-corrected chi connectivity index (χ1v) is 6.66. The molecule has 0 saturated carbocycles. The van der Waals surface area contributed by atoms with E-state index in [4.69, 9.17) is 14.2 Å². The van der Waals surface area contributed by atoms with Gasteiger partial charge in [-0.1, -0.05) is 6.07 Å². The molecule has 116 valence electrons. The fraction of sp³-hybridized carbons (Fsp3) is 0.250. The molecule has 0 unspecified atom stereocenters. The number of benzene rings is 1. The zero-order valence-electron chi connectivity index (χ0n) is 12.8. The van der Waals surface area contributed by atoms with Crippen molar-refractivity contribution in [3.05, 3.63) is 47.7 Å². The molecule has 0 fully saturated rings. The minimum Gasteiger partial charge on any atom is -0.497 e. The maximum Gasteiger partial charge on any atom is 0.251 e. The van der Waals surface area contributed by atoms with Crippen LogP contribution in [0.1, 0.15) is 15.9 Å². The average Bonchev–Trinajstić information content (AvgIpc) is 2.59. The molecule has 6 heteroatoms. The maximum absolute atomic E-state index is 12.2. The molecule has 6 nitrogen and oxygen atoms in total. The summed E-state index contributed by atoms with van der Waals surface area (Å²) in [5, 5.41) is 2.82. The molecule has 0 spiro atoms. The molecule has 1 heterocycles. The van der Waals surface area contributed by atoms with Crippen LogP contribution in [0.25, 0.3) is 0 Å². The second kappa shape index (κ2) is 7.31. The summed E-state index contributed by atoms with van der Waals surface area (Å²) in [6, 6.07) is 8.62. The molecule has 0 bridgehead atoms. The van der Waals surface area contributed by atoms with E-state index < -0.39 is 0 Å². The van der Waals surface area contributed by atoms with E-state index in [1.807, 2.05) is 6.07 Å². The Kier molecular flexibility index (Phi) is 5.19. The molecule has 1 N–H and O–H groups in total. The van der Waals surface area contributed by atoms with Crippen molar-refractivity contribution in [2.24, 2.45) is 0 Å². The fourth-order valence-corrected chi connectivity index (χ4v) is 1.86. The molecule has 0 aliphatic rings. The van der Waals surface area contributed by atoms with Crippen molar-refractivity contribution in [1.82, 2.24) is 10.3 Å². The number of rotatable bonds is 6. The van der Waals surface area contributed by atoms with Gasteiger partial charge in [0.1, 0.15) is 11.5 Å². The molecule has 2 rings (SSSR count). The second-order valence-corrected chi connectivity index (χ2v) is 4.49. The summed E-state index contributed by atoms with van der Waals surface area (Å²) >= 11 is 0. The van der Waals surface area contributed by atoms with E-state index in [2.05, 4.69) is 10.3 Å². The Morgan fingerprint density at radius 2 is 1.73 bits per heavy atom. The molecule has 2 aromatic rings. The first-order valence-electron chi connectivity index (χ1n) is 6.66. The Bertz CT molecular complexity index is 619. The standard InChI is InChI=1S/C16H18N2O4/c1-20-13-6-12(7-14(8-13)21-2)16(19)18-10-11-4-5-15(22-3)17-9-11/h4-9H,10H2,1-3H3,(H,18,19). The third-order valence-corrected chi connectivity index (χ3v) is 3.07. The molecular formula is C16H18N2O4. The van der Waals surface area contributed by atoms with Crippen LogP contribution in [-0.4, -0.2) is 32.2 Å². The van der Waals surface area contributed by atoms with Crippen LogP contribution >= 0.6 is 0 Å². The first-order chi connectivity index (χ1) is 10.7. The number of nitrogens with zero attached hydrogens (tertiary/aromatic N) is 1. The van der Waals surface area contributed by atoms with Gasteiger partial charge in [-0.15, -0.1) is 0 Å². The van der Waals surface area contributed by atoms with Crippen LogP contribution < -0.4 is 19.5 Å². The summed E-state index contributed by atoms with van der Waals surface area (Å²) in [6.07, 6.45) is 1.66. The monoisotopic (exact) mass is 302 g/mol. The summed E-state index contributed by atoms with van der Waals surface area (Å²) in [5.41, 5.74) is 1.35. The minimum absolute atomic E-state index is 0.215. The third kappa shape index (κ3) is 3.88. The van der Waals surface area contributed by atoms with Crippen LogP contribution in [0.5, 0.6) is 17.4 Å². The lowest BCUT2D eigenvalue weighted by Crippen LogP contribution is -2.22. The minimum atomic E-state index is -0.215. The highest BCUT2D eigenvalue weighted by atomic mass is 16.5. The topological polar surface area (TPSA) is 69.7 Å². The lowest BCUT2D eigenvalue weighted by Gasteiger charge is -2.09. The van der Waals surface area contributed by atoms with E-state index in [-0.39, 0.29) is 5.91 Å². The zero-order chi connectivity index (χ0) is 15.9. The molecule has 0 aliphatic heterocycles. The third-order valence-electron chi connectivity index (χ3n) is 3.07. The Balaban J connectivity index is 2.05. The van der Waals surface area contributed by atoms with Crippen LogP contribution in [0.15, 0.2) is 36.5 Å². The van der Waals surface area contributed by atoms with Crippen molar-refractivity contribution in [2.45, 2.75) is 6.54 Å². The molecule has 1 amide bonds. The zero-order valence-corrected chi connectivity index (χ0v) is 12.8. The van der Waals surface area contributed by atoms with E-state index in [0.29, 0.717) is 29.5 Å². The van der Waals surface area contributed by atoms with E-state index >= 15 is 0 Å². The highest BCUT2D eigenvalue weighted by molar-refractivity contribution is 5.95. The van der Waals surface area contributed by atoms with E-state index in [9.17, 15) is 4.79 Å². The van der Waals surface area contributed by atoms with E-state index in [1.54, 1.807) is 51.8 Å². The van der Waals surface area contributed by atoms with Gasteiger partial charge in [0.2, 0.25) is 5.88 Å². The van der Waals surface area contributed by atoms with Crippen LogP contribution in [0, 0.1) is 0 Å². The van der Waals surface area contributed by atoms with Crippen molar-refractivity contribution in [3.8, 4) is 17.4 Å². The van der Waals surface area contributed by atoms with E-state index in [0.717, 1.165) is 5.56 Å². The van der Waals surface area contributed by atoms with Crippen LogP contribution in [0.4, 0.5) is 0 Å². The van der Waals surface area contributed by atoms with E-state index in [1.165, 1.54) is 0 Å². The highest BCUT2D eigenvalue weighted by Gasteiger charge is 2.09. The number of ether oxygens (including phenoxy) is 3. The van der Waals surface area contributed by atoms with Gasteiger partial charge in [0.15, 0.2) is 0 Å². The number of carbonyl (C=O) groups is 1. The predicted molar refractivity (Wildman–Crippen MR) is 81.5 cm³/mol. The van der Waals surface area contributed by atoms with Crippen molar-refractivity contribution in [2.75, 3.05) is 21.3 Å². The van der Waals surface area contributed by atoms with Gasteiger partial charge >= 0.3 is 0 Å². The van der Waals surface area contributed by atoms with Gasteiger partial charge in [-0.2, -0.15) is 0 Å². The molecule has 0 atom stereocenters. The summed E-state index contributed by atoms with van der Waals surface area (Å²) in [7, 11) is 4.64. The largest absolute Gasteiger partial charge is 0.497 e. The van der Waals surface area contributed by atoms with Crippen LogP contribution in [0.2, 0.25) is 0 Å². The molecule has 0 aliphatic carbocycles. The Labute approximate surface area is 129 Å². The lowest BCUT2D eigenvalue weighted by molar-refractivity contribution is 0.0950. The van der Waals surface area contributed by atoms with Crippen molar-refractivity contribution >= 4 is 5.91 Å². The molecule has 0 radical (unpaired) electrons. The predicted octanol–water partition coefficient (Wildman–Crippen LogP) is 2.04. The smallest absolute Gasteiger partial charge is 0.251 e. The number of amides is 1. The maximum atomic E-state index is 12.2. The van der Waals surface area contributed by atoms with Gasteiger partial charge in [-0.05, 0) is 17.7 Å². The Morgan fingerprint density at radius 3 is 2.23 bits per heavy atom. The Hall–Kier alpha value is -2.76. The van der Waals surface area contributed by atoms with Gasteiger partial charge in [0.05, 0.1) is 21.3 Å². The second-order valence-electron chi connectivity index (χ2n) is 4.49. The lowest BCUT2D eigenvalue weighted by atomic mass is 10.2. The summed E-state index contributed by atoms with van der Waals surface area (Å²) < 4.78 is 15.3. The quantitative estimate of drug-likeness (QED) is 0.884. The average molecular weight is 302 g/mol. The van der Waals surface area contributed by atoms with Gasteiger partial charge in [0.25, 0.3) is 5.91 Å². The van der Waals surface area contributed by atoms with Crippen molar-refractivity contribution in [1.29, 1.82) is 0 Å². The summed E-state index contributed by atoms with van der Waals surface area (Å²) in [6.45, 7) is 0.370. The fourth-order valence-electron chi connectivity index (χ4n) is 1.86. The number of nitrogens with one attached hydrogen (secondary N) is 1. The van der Waals surface area contributed by atoms with Crippen molar-refractivity contribution < 1.29 is 19.0 Å². The SMILES string of the molecule is COc1cc(OC)cc(C(=O)NCc2ccc(OC)nc2)c1. The molecular weight excluding hydrogens is 284 g/mol. The molecule has 0 saturated heterocycles. The van der Waals surface area contributed by atoms with Gasteiger partial charge in [0, 0.05) is 30.4 Å². The molecule has 22 heavy (non-hydrogen) atoms. The van der Waals surface area contributed by atoms with Gasteiger partial charge in [-0.25, -0.2) is 4.98 Å². The normalized spacial score (nSPS) is 9.95. The number of hydrogen-bond acceptors (Lipinski definition) is 5. The van der Waals surface area contributed by atoms with Gasteiger partial charge < -0.3 is 19.5 Å². The van der Waals surface area contributed by atoms with Crippen LogP contribution in [0.3, 0.4) is 0 Å². The molecule has 1 aromatic carbocycles. The number of methoxy groups -OCH3 is 3. The molecule has 1 aromatic heterocycles. The number of pyridine rings is 1. The Morgan fingerprint density at radius 1 is 1.05 bits per heavy atom. The highest BCUT2D eigenvalue weighted by Crippen LogP contribution is 2.22. The number of carbonyl (C=O) groups excluding carboxylic acids is 1. The van der Waals surface area contributed by atoms with Crippen LogP contribution in [-0.2, 0) is 6.54 Å². The summed E-state index contributed by atoms with van der Waals surface area (Å²) in [5.74, 6) is 1.45. The van der Waals surface area contributed by atoms with Gasteiger partial charge in [-0.3, -0.25) is 4.79 Å². The summed E-state index contributed by atoms with van der Waals surface area (Å²) in [4.78, 5) is 16.3. The first kappa shape index (κ1) is 15.6. The number of aromatic nitrogens is 1. The van der Waals surface area contributed by atoms with Crippen molar-refractivity contribution in [3.63, 3.8) is 0 Å².